The van der Waals surface area contributed by atoms with Gasteiger partial charge in [-0.2, -0.15) is 4.31 Å². The van der Waals surface area contributed by atoms with Crippen LogP contribution in [-0.2, 0) is 24.1 Å². The first-order valence-corrected chi connectivity index (χ1v) is 10.6. The molecule has 0 fully saturated rings. The molecule has 0 unspecified atom stereocenters. The van der Waals surface area contributed by atoms with Crippen molar-refractivity contribution in [2.24, 2.45) is 14.1 Å². The van der Waals surface area contributed by atoms with Crippen molar-refractivity contribution < 1.29 is 22.3 Å². The van der Waals surface area contributed by atoms with E-state index < -0.39 is 28.2 Å². The number of carbonyl (C=O) groups excluding carboxylic acids is 1. The molecule has 0 saturated heterocycles. The number of hydrogen-bond acceptors (Lipinski definition) is 5. The zero-order chi connectivity index (χ0) is 22.2. The monoisotopic (exact) mass is 435 g/mol. The fourth-order valence-corrected chi connectivity index (χ4v) is 4.35. The van der Waals surface area contributed by atoms with Gasteiger partial charge in [0.05, 0.1) is 34.6 Å². The lowest BCUT2D eigenvalue weighted by molar-refractivity contribution is 0.0968. The molecule has 1 heterocycles. The van der Waals surface area contributed by atoms with Crippen molar-refractivity contribution in [1.82, 2.24) is 13.4 Å². The van der Waals surface area contributed by atoms with E-state index in [-0.39, 0.29) is 28.5 Å². The predicted molar refractivity (Wildman–Crippen MR) is 110 cm³/mol. The van der Waals surface area contributed by atoms with E-state index in [0.717, 1.165) is 10.4 Å². The maximum atomic E-state index is 13.6. The number of Topliss-reactive ketones (excluding diaryl/α,β-unsaturated/α-hetero) is 1. The highest BCUT2D eigenvalue weighted by atomic mass is 32.2. The van der Waals surface area contributed by atoms with E-state index in [0.29, 0.717) is 11.0 Å². The summed E-state index contributed by atoms with van der Waals surface area (Å²) >= 11 is 0. The van der Waals surface area contributed by atoms with Crippen LogP contribution in [-0.4, -0.2) is 47.8 Å². The van der Waals surface area contributed by atoms with Gasteiger partial charge in [-0.25, -0.2) is 17.6 Å². The summed E-state index contributed by atoms with van der Waals surface area (Å²) in [5.41, 5.74) is 0.728. The van der Waals surface area contributed by atoms with Crippen molar-refractivity contribution in [3.63, 3.8) is 0 Å². The van der Waals surface area contributed by atoms with Crippen molar-refractivity contribution in [2.75, 3.05) is 20.2 Å². The van der Waals surface area contributed by atoms with E-state index in [4.69, 9.17) is 4.74 Å². The quantitative estimate of drug-likeness (QED) is 0.529. The molecule has 0 aliphatic rings. The minimum atomic E-state index is -4.04. The minimum absolute atomic E-state index is 0.0280. The molecule has 0 N–H and O–H groups in total. The highest BCUT2D eigenvalue weighted by Gasteiger charge is 2.26. The first kappa shape index (κ1) is 21.7. The van der Waals surface area contributed by atoms with Crippen LogP contribution in [0.2, 0.25) is 0 Å². The Morgan fingerprint density at radius 2 is 1.77 bits per heavy atom. The lowest BCUT2D eigenvalue weighted by Crippen LogP contribution is -2.32. The molecule has 0 bridgehead atoms. The maximum Gasteiger partial charge on any atom is 0.328 e. The Bertz CT molecular complexity index is 1290. The van der Waals surface area contributed by atoms with Gasteiger partial charge in [0, 0.05) is 21.1 Å². The SMILES string of the molecule is CCOc1ccc(F)cc1C(=O)CN(C)S(=O)(=O)c1ccc2c(c1)n(C)c(=O)n2C. The number of benzene rings is 2. The van der Waals surface area contributed by atoms with Gasteiger partial charge in [-0.05, 0) is 43.3 Å². The van der Waals surface area contributed by atoms with Gasteiger partial charge < -0.3 is 4.74 Å². The second kappa shape index (κ2) is 8.04. The van der Waals surface area contributed by atoms with Gasteiger partial charge in [0.15, 0.2) is 5.78 Å². The van der Waals surface area contributed by atoms with E-state index in [2.05, 4.69) is 0 Å². The number of carbonyl (C=O) groups is 1. The predicted octanol–water partition coefficient (Wildman–Crippen LogP) is 1.92. The highest BCUT2D eigenvalue weighted by Crippen LogP contribution is 2.23. The van der Waals surface area contributed by atoms with E-state index >= 15 is 0 Å². The number of aryl methyl sites for hydroxylation is 2. The second-order valence-electron chi connectivity index (χ2n) is 6.81. The Kier molecular flexibility index (Phi) is 5.82. The van der Waals surface area contributed by atoms with Gasteiger partial charge in [-0.3, -0.25) is 13.9 Å². The molecule has 3 rings (SSSR count). The van der Waals surface area contributed by atoms with E-state index in [1.165, 1.54) is 40.4 Å². The van der Waals surface area contributed by atoms with Gasteiger partial charge in [-0.1, -0.05) is 0 Å². The highest BCUT2D eigenvalue weighted by molar-refractivity contribution is 7.89. The zero-order valence-electron chi connectivity index (χ0n) is 17.0. The number of halogens is 1. The second-order valence-corrected chi connectivity index (χ2v) is 8.85. The normalized spacial score (nSPS) is 11.9. The Labute approximate surface area is 173 Å². The van der Waals surface area contributed by atoms with Crippen LogP contribution in [0.4, 0.5) is 4.39 Å². The molecule has 2 aromatic carbocycles. The molecule has 8 nitrogen and oxygen atoms in total. The number of imidazole rings is 1. The van der Waals surface area contributed by atoms with Crippen LogP contribution in [0.5, 0.6) is 5.75 Å². The average molecular weight is 435 g/mol. The van der Waals surface area contributed by atoms with Gasteiger partial charge in [0.2, 0.25) is 10.0 Å². The molecule has 160 valence electrons. The number of hydrogen-bond donors (Lipinski definition) is 0. The third-order valence-corrected chi connectivity index (χ3v) is 6.66. The molecule has 0 aliphatic heterocycles. The van der Waals surface area contributed by atoms with Crippen LogP contribution in [0.15, 0.2) is 46.1 Å². The lowest BCUT2D eigenvalue weighted by Gasteiger charge is -2.18. The molecule has 0 spiro atoms. The fraction of sp³-hybridized carbons (Fsp3) is 0.300. The number of sulfonamides is 1. The number of fused-ring (bicyclic) bond motifs is 1. The summed E-state index contributed by atoms with van der Waals surface area (Å²) in [4.78, 5) is 24.7. The lowest BCUT2D eigenvalue weighted by atomic mass is 10.1. The summed E-state index contributed by atoms with van der Waals surface area (Å²) in [6.07, 6.45) is 0. The molecule has 3 aromatic rings. The third-order valence-electron chi connectivity index (χ3n) is 4.86. The van der Waals surface area contributed by atoms with Crippen molar-refractivity contribution in [1.29, 1.82) is 0 Å². The van der Waals surface area contributed by atoms with Crippen molar-refractivity contribution in [2.45, 2.75) is 11.8 Å². The Balaban J connectivity index is 1.93. The minimum Gasteiger partial charge on any atom is -0.493 e. The van der Waals surface area contributed by atoms with Crippen LogP contribution in [0, 0.1) is 5.82 Å². The van der Waals surface area contributed by atoms with Gasteiger partial charge in [-0.15, -0.1) is 0 Å². The number of likely N-dealkylation sites (N-methyl/N-ethyl adjacent to an activating group) is 1. The van der Waals surface area contributed by atoms with Crippen molar-refractivity contribution >= 4 is 26.8 Å². The Hall–Kier alpha value is -2.98. The van der Waals surface area contributed by atoms with Crippen LogP contribution in [0.1, 0.15) is 17.3 Å². The molecular weight excluding hydrogens is 413 g/mol. The maximum absolute atomic E-state index is 13.6. The standard InChI is InChI=1S/C20H22FN3O5S/c1-5-29-19-9-6-13(21)10-15(19)18(25)12-22(2)30(27,28)14-7-8-16-17(11-14)24(4)20(26)23(16)3/h6-11H,5,12H2,1-4H3. The number of rotatable bonds is 7. The fourth-order valence-electron chi connectivity index (χ4n) is 3.20. The summed E-state index contributed by atoms with van der Waals surface area (Å²) in [7, 11) is 0.374. The first-order chi connectivity index (χ1) is 14.1. The summed E-state index contributed by atoms with van der Waals surface area (Å²) in [6, 6.07) is 7.84. The molecule has 1 aromatic heterocycles. The van der Waals surface area contributed by atoms with Crippen LogP contribution < -0.4 is 10.4 Å². The average Bonchev–Trinajstić information content (AvgIpc) is 2.93. The molecule has 30 heavy (non-hydrogen) atoms. The van der Waals surface area contributed by atoms with E-state index in [1.807, 2.05) is 0 Å². The Morgan fingerprint density at radius 1 is 1.10 bits per heavy atom. The van der Waals surface area contributed by atoms with Gasteiger partial charge in [0.1, 0.15) is 11.6 Å². The van der Waals surface area contributed by atoms with E-state index in [9.17, 15) is 22.4 Å². The molecule has 0 saturated carbocycles. The van der Waals surface area contributed by atoms with Gasteiger partial charge in [0.25, 0.3) is 0 Å². The molecule has 10 heteroatoms. The van der Waals surface area contributed by atoms with E-state index in [1.54, 1.807) is 27.1 Å². The molecule has 0 radical (unpaired) electrons. The molecular formula is C20H22FN3O5S. The summed E-state index contributed by atoms with van der Waals surface area (Å²) in [6.45, 7) is 1.49. The number of ether oxygens (including phenoxy) is 1. The van der Waals surface area contributed by atoms with Crippen molar-refractivity contribution in [3.8, 4) is 5.75 Å². The Morgan fingerprint density at radius 3 is 2.43 bits per heavy atom. The molecule has 0 atom stereocenters. The largest absolute Gasteiger partial charge is 0.493 e. The van der Waals surface area contributed by atoms with Crippen LogP contribution >= 0.6 is 0 Å². The summed E-state index contributed by atoms with van der Waals surface area (Å²) < 4.78 is 48.6. The zero-order valence-corrected chi connectivity index (χ0v) is 17.9. The third kappa shape index (κ3) is 3.75. The van der Waals surface area contributed by atoms with Crippen LogP contribution in [0.3, 0.4) is 0 Å². The number of aromatic nitrogens is 2. The topological polar surface area (TPSA) is 90.6 Å². The summed E-state index contributed by atoms with van der Waals surface area (Å²) in [5, 5.41) is 0. The van der Waals surface area contributed by atoms with Crippen LogP contribution in [0.25, 0.3) is 11.0 Å². The number of ketones is 1. The summed E-state index contributed by atoms with van der Waals surface area (Å²) in [5.74, 6) is -1.03. The van der Waals surface area contributed by atoms with Gasteiger partial charge >= 0.3 is 5.69 Å². The molecule has 0 amide bonds. The smallest absolute Gasteiger partial charge is 0.328 e. The molecule has 0 aliphatic carbocycles. The number of nitrogens with zero attached hydrogens (tertiary/aromatic N) is 3. The van der Waals surface area contributed by atoms with Crippen molar-refractivity contribution in [3.05, 3.63) is 58.3 Å². The first-order valence-electron chi connectivity index (χ1n) is 9.15.